The van der Waals surface area contributed by atoms with Gasteiger partial charge >= 0.3 is 0 Å². The van der Waals surface area contributed by atoms with Crippen molar-refractivity contribution in [3.05, 3.63) is 108 Å². The van der Waals surface area contributed by atoms with Crippen LogP contribution in [0.2, 0.25) is 0 Å². The Bertz CT molecular complexity index is 916. The number of nitrogens with zero attached hydrogens (tertiary/aromatic N) is 2. The molecular weight excluding hydrogens is 296 g/mol. The molecule has 0 N–H and O–H groups in total. The van der Waals surface area contributed by atoms with Gasteiger partial charge in [0.25, 0.3) is 0 Å². The largest absolute Gasteiger partial charge is 0.362 e. The summed E-state index contributed by atoms with van der Waals surface area (Å²) < 4.78 is 8.39. The number of rotatable bonds is 5. The molecule has 3 heteroatoms. The first-order chi connectivity index (χ1) is 11.9. The Morgan fingerprint density at radius 1 is 0.833 bits per heavy atom. The molecule has 0 saturated heterocycles. The van der Waals surface area contributed by atoms with Gasteiger partial charge in [-0.25, -0.2) is 4.98 Å². The molecule has 24 heavy (non-hydrogen) atoms. The van der Waals surface area contributed by atoms with Gasteiger partial charge in [0.15, 0.2) is 0 Å². The van der Waals surface area contributed by atoms with Gasteiger partial charge in [0, 0.05) is 6.20 Å². The molecule has 4 rings (SSSR count). The van der Waals surface area contributed by atoms with Gasteiger partial charge in [0.05, 0.1) is 18.5 Å². The topological polar surface area (TPSA) is 26.5 Å². The summed E-state index contributed by atoms with van der Waals surface area (Å²) in [5.74, 6) is 0. The van der Waals surface area contributed by atoms with Gasteiger partial charge in [0.2, 0.25) is 0 Å². The summed E-state index contributed by atoms with van der Waals surface area (Å²) >= 11 is 0. The lowest BCUT2D eigenvalue weighted by atomic mass is 10.1. The van der Waals surface area contributed by atoms with Gasteiger partial charge in [-0.1, -0.05) is 66.7 Å². The fourth-order valence-electron chi connectivity index (χ4n) is 2.88. The van der Waals surface area contributed by atoms with E-state index in [1.54, 1.807) is 0 Å². The molecule has 0 fully saturated rings. The Labute approximate surface area is 141 Å². The van der Waals surface area contributed by atoms with Crippen molar-refractivity contribution in [2.24, 2.45) is 0 Å². The van der Waals surface area contributed by atoms with Crippen molar-refractivity contribution in [2.45, 2.75) is 12.7 Å². The van der Waals surface area contributed by atoms with E-state index in [0.29, 0.717) is 6.61 Å². The van der Waals surface area contributed by atoms with Gasteiger partial charge in [0.1, 0.15) is 11.8 Å². The number of imidazole rings is 1. The maximum Gasteiger partial charge on any atom is 0.136 e. The molecule has 0 aliphatic heterocycles. The zero-order valence-corrected chi connectivity index (χ0v) is 13.2. The van der Waals surface area contributed by atoms with E-state index in [9.17, 15) is 0 Å². The standard InChI is InChI=1S/C21H18N2O/c1-3-9-17(10-4-1)16-24-21(18-11-5-2-6-12-18)19-15-22-20-13-7-8-14-23(19)20/h1-15,21H,16H2. The van der Waals surface area contributed by atoms with E-state index in [0.717, 1.165) is 22.5 Å². The van der Waals surface area contributed by atoms with Crippen LogP contribution in [0, 0.1) is 0 Å². The fraction of sp³-hybridized carbons (Fsp3) is 0.0952. The van der Waals surface area contributed by atoms with Crippen molar-refractivity contribution < 1.29 is 4.74 Å². The van der Waals surface area contributed by atoms with Crippen LogP contribution in [0.3, 0.4) is 0 Å². The maximum absolute atomic E-state index is 6.31. The first kappa shape index (κ1) is 14.7. The number of hydrogen-bond acceptors (Lipinski definition) is 2. The molecule has 2 aromatic heterocycles. The Balaban J connectivity index is 1.71. The van der Waals surface area contributed by atoms with Crippen LogP contribution in [0.5, 0.6) is 0 Å². The van der Waals surface area contributed by atoms with E-state index < -0.39 is 0 Å². The Morgan fingerprint density at radius 2 is 1.54 bits per heavy atom. The quantitative estimate of drug-likeness (QED) is 0.536. The minimum absolute atomic E-state index is 0.163. The third-order valence-corrected chi connectivity index (χ3v) is 4.08. The molecule has 0 saturated carbocycles. The summed E-state index contributed by atoms with van der Waals surface area (Å²) in [5, 5.41) is 0. The predicted octanol–water partition coefficient (Wildman–Crippen LogP) is 4.64. The Morgan fingerprint density at radius 3 is 2.33 bits per heavy atom. The number of benzene rings is 2. The van der Waals surface area contributed by atoms with Gasteiger partial charge in [-0.3, -0.25) is 0 Å². The monoisotopic (exact) mass is 314 g/mol. The highest BCUT2D eigenvalue weighted by Crippen LogP contribution is 2.27. The van der Waals surface area contributed by atoms with Crippen molar-refractivity contribution in [3.63, 3.8) is 0 Å². The van der Waals surface area contributed by atoms with Crippen LogP contribution >= 0.6 is 0 Å². The predicted molar refractivity (Wildman–Crippen MR) is 94.7 cm³/mol. The van der Waals surface area contributed by atoms with Crippen LogP contribution in [-0.2, 0) is 11.3 Å². The smallest absolute Gasteiger partial charge is 0.136 e. The van der Waals surface area contributed by atoms with Crippen molar-refractivity contribution in [2.75, 3.05) is 0 Å². The lowest BCUT2D eigenvalue weighted by molar-refractivity contribution is 0.0635. The molecule has 2 aromatic carbocycles. The van der Waals surface area contributed by atoms with E-state index in [1.807, 2.05) is 67.0 Å². The molecule has 3 nitrogen and oxygen atoms in total. The molecule has 4 aromatic rings. The molecule has 1 atom stereocenters. The zero-order chi connectivity index (χ0) is 16.2. The second-order valence-electron chi connectivity index (χ2n) is 5.70. The number of fused-ring (bicyclic) bond motifs is 1. The average Bonchev–Trinajstić information content (AvgIpc) is 3.08. The summed E-state index contributed by atoms with van der Waals surface area (Å²) in [6.45, 7) is 0.556. The van der Waals surface area contributed by atoms with Crippen LogP contribution in [0.1, 0.15) is 22.9 Å². The van der Waals surface area contributed by atoms with Gasteiger partial charge in [-0.15, -0.1) is 0 Å². The van der Waals surface area contributed by atoms with Crippen LogP contribution in [-0.4, -0.2) is 9.38 Å². The second kappa shape index (κ2) is 6.69. The van der Waals surface area contributed by atoms with Crippen LogP contribution in [0.25, 0.3) is 5.65 Å². The molecule has 0 aliphatic carbocycles. The first-order valence-electron chi connectivity index (χ1n) is 8.04. The fourth-order valence-corrected chi connectivity index (χ4v) is 2.88. The maximum atomic E-state index is 6.31. The highest BCUT2D eigenvalue weighted by atomic mass is 16.5. The average molecular weight is 314 g/mol. The van der Waals surface area contributed by atoms with Crippen molar-refractivity contribution in [3.8, 4) is 0 Å². The summed E-state index contributed by atoms with van der Waals surface area (Å²) in [6, 6.07) is 26.5. The molecule has 118 valence electrons. The van der Waals surface area contributed by atoms with E-state index in [2.05, 4.69) is 33.7 Å². The molecule has 1 unspecified atom stereocenters. The molecule has 0 aliphatic rings. The van der Waals surface area contributed by atoms with E-state index in [4.69, 9.17) is 4.74 Å². The minimum atomic E-state index is -0.163. The second-order valence-corrected chi connectivity index (χ2v) is 5.70. The molecular formula is C21H18N2O. The van der Waals surface area contributed by atoms with E-state index in [-0.39, 0.29) is 6.10 Å². The Hall–Kier alpha value is -2.91. The molecule has 0 spiro atoms. The van der Waals surface area contributed by atoms with Gasteiger partial charge in [-0.2, -0.15) is 0 Å². The highest BCUT2D eigenvalue weighted by Gasteiger charge is 2.19. The lowest BCUT2D eigenvalue weighted by Crippen LogP contribution is -2.09. The summed E-state index contributed by atoms with van der Waals surface area (Å²) in [6.07, 6.45) is 3.76. The third-order valence-electron chi connectivity index (χ3n) is 4.08. The van der Waals surface area contributed by atoms with Gasteiger partial charge < -0.3 is 9.14 Å². The first-order valence-corrected chi connectivity index (χ1v) is 8.04. The third kappa shape index (κ3) is 2.94. The number of pyridine rings is 1. The number of aromatic nitrogens is 2. The van der Waals surface area contributed by atoms with Crippen LogP contribution in [0.15, 0.2) is 91.3 Å². The van der Waals surface area contributed by atoms with Gasteiger partial charge in [-0.05, 0) is 23.3 Å². The van der Waals surface area contributed by atoms with Crippen LogP contribution in [0.4, 0.5) is 0 Å². The zero-order valence-electron chi connectivity index (χ0n) is 13.2. The summed E-state index contributed by atoms with van der Waals surface area (Å²) in [4.78, 5) is 4.50. The molecule has 0 radical (unpaired) electrons. The molecule has 2 heterocycles. The Kier molecular flexibility index (Phi) is 4.09. The lowest BCUT2D eigenvalue weighted by Gasteiger charge is -2.18. The number of ether oxygens (including phenoxy) is 1. The van der Waals surface area contributed by atoms with Crippen molar-refractivity contribution >= 4 is 5.65 Å². The van der Waals surface area contributed by atoms with E-state index >= 15 is 0 Å². The molecule has 0 bridgehead atoms. The normalized spacial score (nSPS) is 12.3. The van der Waals surface area contributed by atoms with E-state index in [1.165, 1.54) is 0 Å². The number of hydrogen-bond donors (Lipinski definition) is 0. The minimum Gasteiger partial charge on any atom is -0.362 e. The summed E-state index contributed by atoms with van der Waals surface area (Å²) in [5.41, 5.74) is 4.25. The van der Waals surface area contributed by atoms with Crippen LogP contribution < -0.4 is 0 Å². The SMILES string of the molecule is c1ccc(COC(c2ccccc2)c2cnc3ccccn23)cc1. The highest BCUT2D eigenvalue weighted by molar-refractivity contribution is 5.42. The van der Waals surface area contributed by atoms with Crippen molar-refractivity contribution in [1.29, 1.82) is 0 Å². The molecule has 0 amide bonds. The van der Waals surface area contributed by atoms with Crippen molar-refractivity contribution in [1.82, 2.24) is 9.38 Å². The summed E-state index contributed by atoms with van der Waals surface area (Å²) in [7, 11) is 0.